The lowest BCUT2D eigenvalue weighted by molar-refractivity contribution is 0.203. The van der Waals surface area contributed by atoms with Crippen LogP contribution in [0.4, 0.5) is 5.95 Å². The second-order valence-corrected chi connectivity index (χ2v) is 7.44. The smallest absolute Gasteiger partial charge is 0.228 e. The van der Waals surface area contributed by atoms with Gasteiger partial charge in [0.1, 0.15) is 5.84 Å². The van der Waals surface area contributed by atoms with E-state index in [4.69, 9.17) is 20.2 Å². The van der Waals surface area contributed by atoms with Crippen molar-refractivity contribution in [3.8, 4) is 11.3 Å². The molecule has 3 aromatic rings. The highest BCUT2D eigenvalue weighted by molar-refractivity contribution is 6.00. The lowest BCUT2D eigenvalue weighted by atomic mass is 9.91. The van der Waals surface area contributed by atoms with Crippen LogP contribution in [0.2, 0.25) is 0 Å². The number of nitrogens with one attached hydrogen (secondary N) is 3. The molecule has 0 bridgehead atoms. The standard InChI is InChI=1S/C23H27N7O/c1-30-19(14-16-6-4-3-5-7-16)21-18(29-30)9-8-17-15-26-23(28-22(17)21)27-20(24)10-11-25-12-13-31-2/h3-7,10-11,15,25H,8-9,12-14H2,1-2H3,(H2,24,26,27,28)/b11-10-. The van der Waals surface area contributed by atoms with E-state index in [-0.39, 0.29) is 5.84 Å². The monoisotopic (exact) mass is 417 g/mol. The van der Waals surface area contributed by atoms with E-state index in [0.717, 1.165) is 47.5 Å². The van der Waals surface area contributed by atoms with Gasteiger partial charge in [-0.1, -0.05) is 30.3 Å². The predicted molar refractivity (Wildman–Crippen MR) is 121 cm³/mol. The zero-order valence-electron chi connectivity index (χ0n) is 17.9. The first kappa shape index (κ1) is 20.7. The normalized spacial score (nSPS) is 12.5. The Hall–Kier alpha value is -3.52. The Morgan fingerprint density at radius 1 is 1.26 bits per heavy atom. The lowest BCUT2D eigenvalue weighted by Crippen LogP contribution is -2.16. The third kappa shape index (κ3) is 4.80. The van der Waals surface area contributed by atoms with Crippen LogP contribution in [0.3, 0.4) is 0 Å². The highest BCUT2D eigenvalue weighted by Crippen LogP contribution is 2.35. The topological polar surface area (TPSA) is 101 Å². The molecule has 0 atom stereocenters. The van der Waals surface area contributed by atoms with Gasteiger partial charge in [-0.3, -0.25) is 10.1 Å². The van der Waals surface area contributed by atoms with Gasteiger partial charge in [-0.25, -0.2) is 9.97 Å². The minimum atomic E-state index is 0.205. The van der Waals surface area contributed by atoms with E-state index in [1.54, 1.807) is 19.4 Å². The molecule has 3 N–H and O–H groups in total. The molecule has 4 rings (SSSR count). The average Bonchev–Trinajstić information content (AvgIpc) is 3.10. The zero-order valence-corrected chi connectivity index (χ0v) is 17.9. The predicted octanol–water partition coefficient (Wildman–Crippen LogP) is 2.71. The van der Waals surface area contributed by atoms with Crippen molar-refractivity contribution in [2.75, 3.05) is 25.6 Å². The fourth-order valence-corrected chi connectivity index (χ4v) is 3.73. The summed E-state index contributed by atoms with van der Waals surface area (Å²) in [5.41, 5.74) is 6.57. The van der Waals surface area contributed by atoms with E-state index >= 15 is 0 Å². The van der Waals surface area contributed by atoms with Gasteiger partial charge in [0.05, 0.1) is 23.7 Å². The number of anilines is 1. The molecule has 2 aromatic heterocycles. The van der Waals surface area contributed by atoms with E-state index < -0.39 is 0 Å². The molecule has 8 nitrogen and oxygen atoms in total. The van der Waals surface area contributed by atoms with Crippen molar-refractivity contribution in [2.24, 2.45) is 7.05 Å². The summed E-state index contributed by atoms with van der Waals surface area (Å²) >= 11 is 0. The zero-order chi connectivity index (χ0) is 21.6. The van der Waals surface area contributed by atoms with Gasteiger partial charge in [0.2, 0.25) is 5.95 Å². The van der Waals surface area contributed by atoms with E-state index in [9.17, 15) is 0 Å². The molecule has 31 heavy (non-hydrogen) atoms. The maximum absolute atomic E-state index is 8.12. The number of rotatable bonds is 8. The second kappa shape index (κ2) is 9.53. The maximum Gasteiger partial charge on any atom is 0.228 e. The number of ether oxygens (including phenoxy) is 1. The molecular formula is C23H27N7O. The molecular weight excluding hydrogens is 390 g/mol. The molecule has 1 aliphatic carbocycles. The van der Waals surface area contributed by atoms with Gasteiger partial charge in [-0.05, 0) is 30.0 Å². The molecule has 0 spiro atoms. The first-order valence-corrected chi connectivity index (χ1v) is 10.3. The third-order valence-electron chi connectivity index (χ3n) is 5.25. The van der Waals surface area contributed by atoms with E-state index in [1.807, 2.05) is 24.0 Å². The van der Waals surface area contributed by atoms with Crippen LogP contribution in [0.15, 0.2) is 48.8 Å². The molecule has 0 amide bonds. The number of hydrogen-bond acceptors (Lipinski definition) is 6. The van der Waals surface area contributed by atoms with E-state index in [2.05, 4.69) is 39.9 Å². The lowest BCUT2D eigenvalue weighted by Gasteiger charge is -2.17. The molecule has 0 radical (unpaired) electrons. The van der Waals surface area contributed by atoms with Crippen LogP contribution < -0.4 is 10.6 Å². The molecule has 1 aliphatic rings. The summed E-state index contributed by atoms with van der Waals surface area (Å²) in [6, 6.07) is 10.4. The van der Waals surface area contributed by atoms with Crippen molar-refractivity contribution in [2.45, 2.75) is 19.3 Å². The number of benzene rings is 1. The number of hydrogen-bond donors (Lipinski definition) is 3. The minimum Gasteiger partial charge on any atom is -0.388 e. The van der Waals surface area contributed by atoms with Gasteiger partial charge in [0.15, 0.2) is 0 Å². The average molecular weight is 418 g/mol. The Labute approximate surface area is 181 Å². The van der Waals surface area contributed by atoms with Crippen molar-refractivity contribution >= 4 is 11.8 Å². The molecule has 0 fully saturated rings. The summed E-state index contributed by atoms with van der Waals surface area (Å²) in [5.74, 6) is 0.615. The van der Waals surface area contributed by atoms with Gasteiger partial charge in [0.25, 0.3) is 0 Å². The summed E-state index contributed by atoms with van der Waals surface area (Å²) in [4.78, 5) is 9.20. The Kier molecular flexibility index (Phi) is 6.37. The van der Waals surface area contributed by atoms with Crippen LogP contribution in [0.25, 0.3) is 11.3 Å². The van der Waals surface area contributed by atoms with Crippen LogP contribution in [0.5, 0.6) is 0 Å². The molecule has 1 aromatic carbocycles. The van der Waals surface area contributed by atoms with Crippen LogP contribution in [-0.2, 0) is 31.0 Å². The largest absolute Gasteiger partial charge is 0.388 e. The van der Waals surface area contributed by atoms with Gasteiger partial charge >= 0.3 is 0 Å². The molecule has 2 heterocycles. The van der Waals surface area contributed by atoms with Gasteiger partial charge in [-0.2, -0.15) is 5.10 Å². The van der Waals surface area contributed by atoms with Crippen molar-refractivity contribution in [1.29, 1.82) is 5.41 Å². The molecule has 8 heteroatoms. The number of methoxy groups -OCH3 is 1. The maximum atomic E-state index is 8.12. The SMILES string of the molecule is COCCN/C=C\C(=N)Nc1ncc2c(n1)-c1c(nn(C)c1Cc1ccccc1)CC2. The fraction of sp³-hybridized carbons (Fsp3) is 0.304. The summed E-state index contributed by atoms with van der Waals surface area (Å²) in [5, 5.41) is 18.9. The molecule has 160 valence electrons. The molecule has 0 saturated carbocycles. The minimum absolute atomic E-state index is 0.205. The highest BCUT2D eigenvalue weighted by atomic mass is 16.5. The fourth-order valence-electron chi connectivity index (χ4n) is 3.73. The Balaban J connectivity index is 1.57. The van der Waals surface area contributed by atoms with E-state index in [0.29, 0.717) is 19.1 Å². The highest BCUT2D eigenvalue weighted by Gasteiger charge is 2.26. The number of nitrogens with zero attached hydrogens (tertiary/aromatic N) is 4. The van der Waals surface area contributed by atoms with Gasteiger partial charge in [-0.15, -0.1) is 0 Å². The van der Waals surface area contributed by atoms with Gasteiger partial charge in [0, 0.05) is 45.1 Å². The number of aryl methyl sites for hydroxylation is 3. The van der Waals surface area contributed by atoms with Crippen molar-refractivity contribution in [1.82, 2.24) is 25.1 Å². The first-order chi connectivity index (χ1) is 15.2. The first-order valence-electron chi connectivity index (χ1n) is 10.3. The number of aromatic nitrogens is 4. The Morgan fingerprint density at radius 2 is 2.10 bits per heavy atom. The van der Waals surface area contributed by atoms with E-state index in [1.165, 1.54) is 5.56 Å². The Bertz CT molecular complexity index is 1090. The Morgan fingerprint density at radius 3 is 2.90 bits per heavy atom. The van der Waals surface area contributed by atoms with Crippen molar-refractivity contribution in [3.05, 3.63) is 71.3 Å². The van der Waals surface area contributed by atoms with Crippen LogP contribution in [-0.4, -0.2) is 45.8 Å². The van der Waals surface area contributed by atoms with Gasteiger partial charge < -0.3 is 15.4 Å². The number of amidine groups is 1. The second-order valence-electron chi connectivity index (χ2n) is 7.44. The quantitative estimate of drug-likeness (QED) is 0.296. The van der Waals surface area contributed by atoms with Crippen LogP contribution in [0.1, 0.15) is 22.5 Å². The third-order valence-corrected chi connectivity index (χ3v) is 5.25. The summed E-state index contributed by atoms with van der Waals surface area (Å²) in [6.45, 7) is 1.29. The number of fused-ring (bicyclic) bond motifs is 3. The molecule has 0 unspecified atom stereocenters. The van der Waals surface area contributed by atoms with Crippen molar-refractivity contribution < 1.29 is 4.74 Å². The van der Waals surface area contributed by atoms with Crippen LogP contribution in [0, 0.1) is 5.41 Å². The summed E-state index contributed by atoms with van der Waals surface area (Å²) < 4.78 is 6.95. The van der Waals surface area contributed by atoms with Crippen molar-refractivity contribution in [3.63, 3.8) is 0 Å². The molecule has 0 saturated heterocycles. The summed E-state index contributed by atoms with van der Waals surface area (Å²) in [7, 11) is 3.65. The molecule has 0 aliphatic heterocycles. The van der Waals surface area contributed by atoms with Crippen LogP contribution >= 0.6 is 0 Å². The summed E-state index contributed by atoms with van der Waals surface area (Å²) in [6.07, 6.45) is 7.75.